The van der Waals surface area contributed by atoms with Gasteiger partial charge in [-0.05, 0) is 43.5 Å². The molecule has 0 unspecified atom stereocenters. The predicted octanol–water partition coefficient (Wildman–Crippen LogP) is 3.76. The highest BCUT2D eigenvalue weighted by atomic mass is 35.5. The lowest BCUT2D eigenvalue weighted by molar-refractivity contribution is 0.0623. The van der Waals surface area contributed by atoms with Crippen molar-refractivity contribution in [2.75, 3.05) is 32.7 Å². The summed E-state index contributed by atoms with van der Waals surface area (Å²) in [5.41, 5.74) is 1.54. The van der Waals surface area contributed by atoms with Crippen molar-refractivity contribution < 1.29 is 4.79 Å². The number of fused-ring (bicyclic) bond motifs is 1. The minimum atomic E-state index is 0.117. The van der Waals surface area contributed by atoms with Crippen molar-refractivity contribution >= 4 is 28.5 Å². The summed E-state index contributed by atoms with van der Waals surface area (Å²) in [6.45, 7) is 6.86. The number of unbranched alkanes of at least 4 members (excludes halogenated alkanes) is 1. The van der Waals surface area contributed by atoms with E-state index in [1.165, 1.54) is 25.7 Å². The predicted molar refractivity (Wildman–Crippen MR) is 107 cm³/mol. The molecular formula is C20H28ClN5O. The van der Waals surface area contributed by atoms with Gasteiger partial charge in [-0.3, -0.25) is 9.69 Å². The zero-order chi connectivity index (χ0) is 18.8. The molecule has 1 saturated carbocycles. The molecule has 0 bridgehead atoms. The minimum absolute atomic E-state index is 0.117. The Morgan fingerprint density at radius 2 is 1.96 bits per heavy atom. The first-order valence-corrected chi connectivity index (χ1v) is 10.6. The maximum Gasteiger partial charge on any atom is 0.270 e. The summed E-state index contributed by atoms with van der Waals surface area (Å²) < 4.78 is 2.14. The summed E-state index contributed by atoms with van der Waals surface area (Å²) in [6, 6.07) is 2.29. The third kappa shape index (κ3) is 3.83. The number of amides is 1. The fraction of sp³-hybridized carbons (Fsp3) is 0.650. The van der Waals surface area contributed by atoms with E-state index in [-0.39, 0.29) is 11.2 Å². The van der Waals surface area contributed by atoms with E-state index in [9.17, 15) is 4.79 Å². The molecule has 2 fully saturated rings. The Balaban J connectivity index is 1.59. The lowest BCUT2D eigenvalue weighted by Crippen LogP contribution is -2.49. The van der Waals surface area contributed by atoms with Crippen molar-refractivity contribution in [3.8, 4) is 0 Å². The quantitative estimate of drug-likeness (QED) is 0.730. The van der Waals surface area contributed by atoms with Gasteiger partial charge in [-0.25, -0.2) is 4.98 Å². The molecule has 2 aliphatic rings. The molecule has 27 heavy (non-hydrogen) atoms. The summed E-state index contributed by atoms with van der Waals surface area (Å²) >= 11 is 6.06. The number of rotatable bonds is 5. The first-order chi connectivity index (χ1) is 13.2. The lowest BCUT2D eigenvalue weighted by atomic mass is 10.2. The number of carbonyl (C=O) groups is 1. The van der Waals surface area contributed by atoms with Gasteiger partial charge in [0.1, 0.15) is 11.3 Å². The Morgan fingerprint density at radius 3 is 2.67 bits per heavy atom. The summed E-state index contributed by atoms with van der Waals surface area (Å²) in [5, 5.41) is 1.14. The van der Waals surface area contributed by atoms with Crippen LogP contribution in [0.2, 0.25) is 5.28 Å². The highest BCUT2D eigenvalue weighted by molar-refractivity contribution is 6.28. The molecule has 1 aliphatic heterocycles. The first-order valence-electron chi connectivity index (χ1n) is 10.2. The molecule has 0 radical (unpaired) electrons. The van der Waals surface area contributed by atoms with E-state index in [0.29, 0.717) is 6.04 Å². The molecule has 3 heterocycles. The molecule has 0 atom stereocenters. The van der Waals surface area contributed by atoms with Crippen LogP contribution in [0.1, 0.15) is 62.0 Å². The van der Waals surface area contributed by atoms with Crippen molar-refractivity contribution in [3.63, 3.8) is 0 Å². The second-order valence-corrected chi connectivity index (χ2v) is 8.08. The maximum absolute atomic E-state index is 13.4. The van der Waals surface area contributed by atoms with Gasteiger partial charge in [0.2, 0.25) is 5.28 Å². The van der Waals surface area contributed by atoms with Crippen LogP contribution in [0.4, 0.5) is 0 Å². The standard InChI is InChI=1S/C20H28ClN5O/c1-2-3-8-24-9-11-25(12-10-24)19(27)17-13-15-14-22-20(21)23-18(15)26(17)16-6-4-5-7-16/h13-14,16H,2-12H2,1H3. The Kier molecular flexibility index (Phi) is 5.64. The van der Waals surface area contributed by atoms with Crippen molar-refractivity contribution in [1.82, 2.24) is 24.3 Å². The van der Waals surface area contributed by atoms with Gasteiger partial charge < -0.3 is 9.47 Å². The molecule has 0 aromatic carbocycles. The van der Waals surface area contributed by atoms with Crippen LogP contribution in [0.15, 0.2) is 12.3 Å². The zero-order valence-corrected chi connectivity index (χ0v) is 16.8. The summed E-state index contributed by atoms with van der Waals surface area (Å²) in [7, 11) is 0. The third-order valence-electron chi connectivity index (χ3n) is 5.94. The molecule has 1 amide bonds. The Labute approximate surface area is 165 Å². The Morgan fingerprint density at radius 1 is 1.22 bits per heavy atom. The van der Waals surface area contributed by atoms with Crippen LogP contribution in [0, 0.1) is 0 Å². The van der Waals surface area contributed by atoms with Gasteiger partial charge in [0.25, 0.3) is 5.91 Å². The zero-order valence-electron chi connectivity index (χ0n) is 16.0. The van der Waals surface area contributed by atoms with Gasteiger partial charge in [-0.15, -0.1) is 0 Å². The van der Waals surface area contributed by atoms with Gasteiger partial charge in [-0.2, -0.15) is 4.98 Å². The number of halogens is 1. The van der Waals surface area contributed by atoms with Crippen LogP contribution >= 0.6 is 11.6 Å². The molecule has 146 valence electrons. The highest BCUT2D eigenvalue weighted by Crippen LogP contribution is 2.34. The topological polar surface area (TPSA) is 54.3 Å². The highest BCUT2D eigenvalue weighted by Gasteiger charge is 2.29. The second kappa shape index (κ2) is 8.15. The number of hydrogen-bond acceptors (Lipinski definition) is 4. The molecule has 2 aromatic rings. The van der Waals surface area contributed by atoms with Gasteiger partial charge in [0.05, 0.1) is 0 Å². The largest absolute Gasteiger partial charge is 0.335 e. The Hall–Kier alpha value is -1.66. The molecule has 4 rings (SSSR count). The normalized spacial score (nSPS) is 19.3. The molecule has 0 N–H and O–H groups in total. The molecular weight excluding hydrogens is 362 g/mol. The van der Waals surface area contributed by atoms with E-state index < -0.39 is 0 Å². The number of nitrogens with zero attached hydrogens (tertiary/aromatic N) is 5. The summed E-state index contributed by atoms with van der Waals surface area (Å²) in [6.07, 6.45) is 8.76. The average molecular weight is 390 g/mol. The summed E-state index contributed by atoms with van der Waals surface area (Å²) in [5.74, 6) is 0.117. The van der Waals surface area contributed by atoms with Crippen LogP contribution in [-0.2, 0) is 0 Å². The van der Waals surface area contributed by atoms with E-state index in [0.717, 1.165) is 62.3 Å². The fourth-order valence-electron chi connectivity index (χ4n) is 4.40. The smallest absolute Gasteiger partial charge is 0.270 e. The number of carbonyl (C=O) groups excluding carboxylic acids is 1. The van der Waals surface area contributed by atoms with Gasteiger partial charge >= 0.3 is 0 Å². The minimum Gasteiger partial charge on any atom is -0.335 e. The number of piperazine rings is 1. The van der Waals surface area contributed by atoms with Crippen LogP contribution < -0.4 is 0 Å². The monoisotopic (exact) mass is 389 g/mol. The Bertz CT molecular complexity index is 806. The molecule has 1 aliphatic carbocycles. The second-order valence-electron chi connectivity index (χ2n) is 7.74. The first kappa shape index (κ1) is 18.7. The van der Waals surface area contributed by atoms with Crippen molar-refractivity contribution in [2.45, 2.75) is 51.5 Å². The van der Waals surface area contributed by atoms with Crippen molar-refractivity contribution in [1.29, 1.82) is 0 Å². The number of hydrogen-bond donors (Lipinski definition) is 0. The van der Waals surface area contributed by atoms with Crippen molar-refractivity contribution in [2.24, 2.45) is 0 Å². The van der Waals surface area contributed by atoms with Crippen LogP contribution in [0.25, 0.3) is 11.0 Å². The van der Waals surface area contributed by atoms with E-state index in [1.54, 1.807) is 6.20 Å². The van der Waals surface area contributed by atoms with Crippen LogP contribution in [-0.4, -0.2) is 63.0 Å². The van der Waals surface area contributed by atoms with Crippen molar-refractivity contribution in [3.05, 3.63) is 23.2 Å². The third-order valence-corrected chi connectivity index (χ3v) is 6.12. The molecule has 1 saturated heterocycles. The average Bonchev–Trinajstić information content (AvgIpc) is 3.33. The van der Waals surface area contributed by atoms with E-state index in [4.69, 9.17) is 11.6 Å². The van der Waals surface area contributed by atoms with Gasteiger partial charge in [-0.1, -0.05) is 26.2 Å². The van der Waals surface area contributed by atoms with E-state index in [1.807, 2.05) is 11.0 Å². The van der Waals surface area contributed by atoms with Crippen LogP contribution in [0.3, 0.4) is 0 Å². The van der Waals surface area contributed by atoms with Crippen LogP contribution in [0.5, 0.6) is 0 Å². The summed E-state index contributed by atoms with van der Waals surface area (Å²) in [4.78, 5) is 26.4. The van der Waals surface area contributed by atoms with Gasteiger partial charge in [0.15, 0.2) is 0 Å². The molecule has 6 nitrogen and oxygen atoms in total. The number of aromatic nitrogens is 3. The van der Waals surface area contributed by atoms with Gasteiger partial charge in [0, 0.05) is 43.8 Å². The maximum atomic E-state index is 13.4. The SMILES string of the molecule is CCCCN1CCN(C(=O)c2cc3cnc(Cl)nc3n2C2CCCC2)CC1. The fourth-order valence-corrected chi connectivity index (χ4v) is 4.53. The lowest BCUT2D eigenvalue weighted by Gasteiger charge is -2.35. The molecule has 7 heteroatoms. The van der Waals surface area contributed by atoms with E-state index >= 15 is 0 Å². The molecule has 0 spiro atoms. The van der Waals surface area contributed by atoms with E-state index in [2.05, 4.69) is 26.4 Å². The molecule has 2 aromatic heterocycles.